The summed E-state index contributed by atoms with van der Waals surface area (Å²) < 4.78 is 19.3. The van der Waals surface area contributed by atoms with Crippen LogP contribution >= 0.6 is 0 Å². The first-order valence-corrected chi connectivity index (χ1v) is 11.4. The molecule has 0 bridgehead atoms. The lowest BCUT2D eigenvalue weighted by Gasteiger charge is -2.37. The number of benzene rings is 3. The summed E-state index contributed by atoms with van der Waals surface area (Å²) in [5.74, 6) is -1.81. The maximum absolute atomic E-state index is 14.2. The van der Waals surface area contributed by atoms with Crippen molar-refractivity contribution in [1.82, 2.24) is 4.90 Å². The van der Waals surface area contributed by atoms with Crippen molar-refractivity contribution in [3.05, 3.63) is 95.3 Å². The molecule has 3 aromatic rings. The van der Waals surface area contributed by atoms with Crippen LogP contribution in [0.15, 0.2) is 72.8 Å². The molecule has 0 atom stereocenters. The second-order valence-electron chi connectivity index (χ2n) is 8.03. The van der Waals surface area contributed by atoms with Gasteiger partial charge >= 0.3 is 5.97 Å². The van der Waals surface area contributed by atoms with E-state index in [0.717, 1.165) is 0 Å². The second-order valence-corrected chi connectivity index (χ2v) is 8.03. The molecule has 2 amide bonds. The van der Waals surface area contributed by atoms with Crippen molar-refractivity contribution in [2.75, 3.05) is 43.0 Å². The van der Waals surface area contributed by atoms with E-state index in [2.05, 4.69) is 5.32 Å². The molecular formula is C27H26FN3O4. The third-order valence-corrected chi connectivity index (χ3v) is 5.80. The zero-order valence-electron chi connectivity index (χ0n) is 19.4. The summed E-state index contributed by atoms with van der Waals surface area (Å²) >= 11 is 0. The molecule has 7 nitrogen and oxygen atoms in total. The lowest BCUT2D eigenvalue weighted by atomic mass is 10.1. The maximum atomic E-state index is 14.2. The first-order valence-electron chi connectivity index (χ1n) is 11.4. The number of hydrogen-bond donors (Lipinski definition) is 1. The normalized spacial score (nSPS) is 13.3. The minimum atomic E-state index is -0.638. The topological polar surface area (TPSA) is 79.0 Å². The molecule has 8 heteroatoms. The molecule has 35 heavy (non-hydrogen) atoms. The molecule has 1 N–H and O–H groups in total. The Morgan fingerprint density at radius 1 is 0.886 bits per heavy atom. The highest BCUT2D eigenvalue weighted by Crippen LogP contribution is 2.30. The van der Waals surface area contributed by atoms with E-state index in [9.17, 15) is 18.8 Å². The van der Waals surface area contributed by atoms with E-state index in [1.165, 1.54) is 24.3 Å². The molecule has 3 aromatic carbocycles. The largest absolute Gasteiger partial charge is 0.462 e. The summed E-state index contributed by atoms with van der Waals surface area (Å²) in [7, 11) is 0. The number of piperazine rings is 1. The van der Waals surface area contributed by atoms with Crippen molar-refractivity contribution >= 4 is 29.2 Å². The summed E-state index contributed by atoms with van der Waals surface area (Å²) in [6, 6.07) is 19.7. The smallest absolute Gasteiger partial charge is 0.338 e. The van der Waals surface area contributed by atoms with Crippen molar-refractivity contribution in [2.45, 2.75) is 6.92 Å². The van der Waals surface area contributed by atoms with Crippen LogP contribution in [0.25, 0.3) is 0 Å². The van der Waals surface area contributed by atoms with Crippen molar-refractivity contribution in [3.8, 4) is 0 Å². The molecule has 0 aliphatic carbocycles. The van der Waals surface area contributed by atoms with Crippen molar-refractivity contribution < 1.29 is 23.5 Å². The van der Waals surface area contributed by atoms with Gasteiger partial charge in [0, 0.05) is 31.7 Å². The van der Waals surface area contributed by atoms with Crippen molar-refractivity contribution in [2.24, 2.45) is 0 Å². The Balaban J connectivity index is 1.56. The zero-order chi connectivity index (χ0) is 24.8. The Hall–Kier alpha value is -4.20. The molecular weight excluding hydrogens is 449 g/mol. The summed E-state index contributed by atoms with van der Waals surface area (Å²) in [6.07, 6.45) is 0. The zero-order valence-corrected chi connectivity index (χ0v) is 19.4. The third kappa shape index (κ3) is 5.48. The molecule has 0 aromatic heterocycles. The van der Waals surface area contributed by atoms with E-state index in [-0.39, 0.29) is 23.6 Å². The van der Waals surface area contributed by atoms with Crippen LogP contribution in [-0.2, 0) is 4.74 Å². The van der Waals surface area contributed by atoms with Crippen LogP contribution in [0.2, 0.25) is 0 Å². The van der Waals surface area contributed by atoms with E-state index < -0.39 is 17.7 Å². The van der Waals surface area contributed by atoms with Gasteiger partial charge in [0.15, 0.2) is 0 Å². The number of carbonyl (C=O) groups is 3. The van der Waals surface area contributed by atoms with E-state index in [1.54, 1.807) is 42.2 Å². The Bertz CT molecular complexity index is 1220. The van der Waals surface area contributed by atoms with Crippen LogP contribution in [0.3, 0.4) is 0 Å². The van der Waals surface area contributed by atoms with Gasteiger partial charge in [0.2, 0.25) is 0 Å². The summed E-state index contributed by atoms with van der Waals surface area (Å²) in [5.41, 5.74) is 1.86. The van der Waals surface area contributed by atoms with E-state index in [4.69, 9.17) is 4.74 Å². The summed E-state index contributed by atoms with van der Waals surface area (Å²) in [5, 5.41) is 2.75. The van der Waals surface area contributed by atoms with Crippen LogP contribution in [0.4, 0.5) is 15.8 Å². The van der Waals surface area contributed by atoms with Gasteiger partial charge in [0.05, 0.1) is 29.1 Å². The average molecular weight is 476 g/mol. The molecule has 0 spiro atoms. The SMILES string of the molecule is CCOC(=O)c1ccc(N2CCN(C(=O)c3ccccc3)CC2)c(NC(=O)c2ccccc2F)c1. The molecule has 1 heterocycles. The van der Waals surface area contributed by atoms with E-state index in [0.29, 0.717) is 43.1 Å². The van der Waals surface area contributed by atoms with Gasteiger partial charge in [-0.25, -0.2) is 9.18 Å². The average Bonchev–Trinajstić information content (AvgIpc) is 2.89. The third-order valence-electron chi connectivity index (χ3n) is 5.80. The highest BCUT2D eigenvalue weighted by molar-refractivity contribution is 6.07. The van der Waals surface area contributed by atoms with Gasteiger partial charge in [-0.1, -0.05) is 30.3 Å². The quantitative estimate of drug-likeness (QED) is 0.540. The molecule has 0 unspecified atom stereocenters. The fourth-order valence-electron chi connectivity index (χ4n) is 4.00. The van der Waals surface area contributed by atoms with Crippen molar-refractivity contribution in [1.29, 1.82) is 0 Å². The van der Waals surface area contributed by atoms with Crippen LogP contribution in [0.5, 0.6) is 0 Å². The molecule has 1 fully saturated rings. The number of rotatable bonds is 6. The first kappa shape index (κ1) is 23.9. The van der Waals surface area contributed by atoms with E-state index in [1.807, 2.05) is 23.1 Å². The van der Waals surface area contributed by atoms with Gasteiger partial charge in [0.25, 0.3) is 11.8 Å². The fourth-order valence-corrected chi connectivity index (χ4v) is 4.00. The summed E-state index contributed by atoms with van der Waals surface area (Å²) in [4.78, 5) is 41.7. The Kier molecular flexibility index (Phi) is 7.40. The van der Waals surface area contributed by atoms with Gasteiger partial charge in [-0.15, -0.1) is 0 Å². The van der Waals surface area contributed by atoms with Gasteiger partial charge < -0.3 is 19.9 Å². The second kappa shape index (κ2) is 10.8. The van der Waals surface area contributed by atoms with Gasteiger partial charge in [-0.3, -0.25) is 9.59 Å². The highest BCUT2D eigenvalue weighted by Gasteiger charge is 2.25. The van der Waals surface area contributed by atoms with E-state index >= 15 is 0 Å². The van der Waals surface area contributed by atoms with Crippen LogP contribution < -0.4 is 10.2 Å². The standard InChI is InChI=1S/C27H26FN3O4/c1-2-35-27(34)20-12-13-24(23(18-20)29-25(32)21-10-6-7-11-22(21)28)30-14-16-31(17-15-30)26(33)19-8-4-3-5-9-19/h3-13,18H,2,14-17H2,1H3,(H,29,32). The predicted molar refractivity (Wildman–Crippen MR) is 131 cm³/mol. The Labute approximate surface area is 203 Å². The number of ether oxygens (including phenoxy) is 1. The molecule has 0 radical (unpaired) electrons. The van der Waals surface area contributed by atoms with Gasteiger partial charge in [-0.2, -0.15) is 0 Å². The Morgan fingerprint density at radius 3 is 2.26 bits per heavy atom. The summed E-state index contributed by atoms with van der Waals surface area (Å²) in [6.45, 7) is 3.97. The predicted octanol–water partition coefficient (Wildman–Crippen LogP) is 4.22. The Morgan fingerprint density at radius 2 is 1.57 bits per heavy atom. The van der Waals surface area contributed by atoms with Gasteiger partial charge in [-0.05, 0) is 49.4 Å². The first-order chi connectivity index (χ1) is 17.0. The number of nitrogens with one attached hydrogen (secondary N) is 1. The maximum Gasteiger partial charge on any atom is 0.338 e. The molecule has 180 valence electrons. The van der Waals surface area contributed by atoms with Crippen LogP contribution in [0, 0.1) is 5.82 Å². The number of amides is 2. The molecule has 0 saturated carbocycles. The number of halogens is 1. The molecule has 1 aliphatic rings. The van der Waals surface area contributed by atoms with Crippen molar-refractivity contribution in [3.63, 3.8) is 0 Å². The van der Waals surface area contributed by atoms with Crippen LogP contribution in [0.1, 0.15) is 38.0 Å². The van der Waals surface area contributed by atoms with Crippen LogP contribution in [-0.4, -0.2) is 55.5 Å². The lowest BCUT2D eigenvalue weighted by molar-refractivity contribution is 0.0526. The minimum absolute atomic E-state index is 0.0315. The molecule has 4 rings (SSSR count). The molecule has 1 aliphatic heterocycles. The monoisotopic (exact) mass is 475 g/mol. The fraction of sp³-hybridized carbons (Fsp3) is 0.222. The number of esters is 1. The number of hydrogen-bond acceptors (Lipinski definition) is 5. The van der Waals surface area contributed by atoms with Gasteiger partial charge in [0.1, 0.15) is 5.82 Å². The number of nitrogens with zero attached hydrogens (tertiary/aromatic N) is 2. The number of carbonyl (C=O) groups excluding carboxylic acids is 3. The molecule has 1 saturated heterocycles. The lowest BCUT2D eigenvalue weighted by Crippen LogP contribution is -2.49. The minimum Gasteiger partial charge on any atom is -0.462 e. The number of anilines is 2. The highest BCUT2D eigenvalue weighted by atomic mass is 19.1.